The zero-order chi connectivity index (χ0) is 18.4. The molecule has 2 heterocycles. The third-order valence-corrected chi connectivity index (χ3v) is 3.93. The van der Waals surface area contributed by atoms with Crippen LogP contribution in [0.1, 0.15) is 54.6 Å². The van der Waals surface area contributed by atoms with E-state index in [1.165, 1.54) is 21.9 Å². The highest BCUT2D eigenvalue weighted by molar-refractivity contribution is 5.98. The lowest BCUT2D eigenvalue weighted by Gasteiger charge is -2.06. The first-order valence-electron chi connectivity index (χ1n) is 8.48. The Morgan fingerprint density at radius 2 is 2.20 bits per heavy atom. The number of fused-ring (bicyclic) bond motifs is 1. The molecule has 0 unspecified atom stereocenters. The Bertz CT molecular complexity index is 699. The van der Waals surface area contributed by atoms with Crippen molar-refractivity contribution in [2.75, 3.05) is 13.1 Å². The molecule has 0 bridgehead atoms. The van der Waals surface area contributed by atoms with E-state index in [9.17, 15) is 14.7 Å². The van der Waals surface area contributed by atoms with Crippen molar-refractivity contribution in [3.63, 3.8) is 0 Å². The van der Waals surface area contributed by atoms with Crippen LogP contribution in [0.3, 0.4) is 0 Å². The third kappa shape index (κ3) is 5.56. The summed E-state index contributed by atoms with van der Waals surface area (Å²) in [7, 11) is 0. The molecule has 25 heavy (non-hydrogen) atoms. The van der Waals surface area contributed by atoms with Gasteiger partial charge in [-0.1, -0.05) is 23.3 Å². The van der Waals surface area contributed by atoms with E-state index in [4.69, 9.17) is 0 Å². The van der Waals surface area contributed by atoms with Crippen molar-refractivity contribution in [2.45, 2.75) is 46.3 Å². The Balaban J connectivity index is 1.91. The summed E-state index contributed by atoms with van der Waals surface area (Å²) in [6.07, 6.45) is 5.40. The number of β-amino-alcohol motifs (C(OH)–C–C–N with tert-alkyl or cyclic N) is 1. The van der Waals surface area contributed by atoms with E-state index in [0.717, 1.165) is 12.8 Å². The largest absolute Gasteiger partial charge is 0.389 e. The molecule has 1 aliphatic heterocycles. The van der Waals surface area contributed by atoms with Gasteiger partial charge < -0.3 is 15.7 Å². The van der Waals surface area contributed by atoms with Crippen LogP contribution >= 0.6 is 0 Å². The van der Waals surface area contributed by atoms with E-state index in [0.29, 0.717) is 6.54 Å². The molecule has 0 aromatic carbocycles. The first kappa shape index (κ1) is 18.9. The second-order valence-electron chi connectivity index (χ2n) is 6.54. The Labute approximate surface area is 147 Å². The quantitative estimate of drug-likeness (QED) is 0.679. The predicted octanol–water partition coefficient (Wildman–Crippen LogP) is 1.41. The highest BCUT2D eigenvalue weighted by Gasteiger charge is 2.23. The average Bonchev–Trinajstić information content (AvgIpc) is 2.90. The van der Waals surface area contributed by atoms with Crippen molar-refractivity contribution in [2.24, 2.45) is 0 Å². The first-order chi connectivity index (χ1) is 11.9. The summed E-state index contributed by atoms with van der Waals surface area (Å²) in [5.41, 5.74) is 2.97. The normalized spacial score (nSPS) is 17.4. The van der Waals surface area contributed by atoms with Gasteiger partial charge in [-0.25, -0.2) is 0 Å². The minimum atomic E-state index is -0.715. The lowest BCUT2D eigenvalue weighted by atomic mass is 10.1. The number of aromatic nitrogens is 2. The second kappa shape index (κ2) is 8.62. The number of aliphatic hydroxyl groups excluding tert-OH is 1. The van der Waals surface area contributed by atoms with Gasteiger partial charge in [0, 0.05) is 19.2 Å². The number of nitrogens with zero attached hydrogens (tertiary/aromatic N) is 2. The van der Waals surface area contributed by atoms with Gasteiger partial charge in [0.1, 0.15) is 5.69 Å². The highest BCUT2D eigenvalue weighted by Crippen LogP contribution is 2.09. The standard InChI is InChI=1S/C18H26N4O3/c1-12(2)5-4-6-13(3)7-8-19-17(24)15-9-16-18(25)20-10-14(23)11-22(16)21-15/h5,7,9,14,23H,4,6,8,10-11H2,1-3H3,(H,19,24)(H,20,25)/b13-7+/t14-/m1/s1. The summed E-state index contributed by atoms with van der Waals surface area (Å²) in [4.78, 5) is 24.1. The summed E-state index contributed by atoms with van der Waals surface area (Å²) in [6, 6.07) is 1.45. The summed E-state index contributed by atoms with van der Waals surface area (Å²) < 4.78 is 1.38. The molecule has 0 saturated heterocycles. The van der Waals surface area contributed by atoms with E-state index in [1.54, 1.807) is 0 Å². The molecule has 1 atom stereocenters. The second-order valence-corrected chi connectivity index (χ2v) is 6.54. The SMILES string of the molecule is CC(C)=CCC/C(C)=C/CNC(=O)c1cc2n(n1)C[C@H](O)CNC2=O. The van der Waals surface area contributed by atoms with Crippen LogP contribution in [0, 0.1) is 0 Å². The molecule has 2 rings (SSSR count). The van der Waals surface area contributed by atoms with Gasteiger partial charge in [-0.2, -0.15) is 5.10 Å². The molecule has 1 aromatic heterocycles. The minimum Gasteiger partial charge on any atom is -0.389 e. The third-order valence-electron chi connectivity index (χ3n) is 3.93. The molecule has 0 fully saturated rings. The molecule has 7 heteroatoms. The maximum atomic E-state index is 12.2. The number of nitrogens with one attached hydrogen (secondary N) is 2. The van der Waals surface area contributed by atoms with Gasteiger partial charge in [0.25, 0.3) is 11.8 Å². The van der Waals surface area contributed by atoms with Crippen LogP contribution in [0.5, 0.6) is 0 Å². The van der Waals surface area contributed by atoms with Crippen LogP contribution in [-0.4, -0.2) is 45.9 Å². The molecular weight excluding hydrogens is 320 g/mol. The van der Waals surface area contributed by atoms with Crippen molar-refractivity contribution in [3.05, 3.63) is 40.8 Å². The predicted molar refractivity (Wildman–Crippen MR) is 95.3 cm³/mol. The van der Waals surface area contributed by atoms with Crippen LogP contribution in [0.25, 0.3) is 0 Å². The van der Waals surface area contributed by atoms with Crippen molar-refractivity contribution >= 4 is 11.8 Å². The van der Waals surface area contributed by atoms with Gasteiger partial charge >= 0.3 is 0 Å². The lowest BCUT2D eigenvalue weighted by Crippen LogP contribution is -2.30. The summed E-state index contributed by atoms with van der Waals surface area (Å²) in [6.45, 7) is 6.97. The van der Waals surface area contributed by atoms with Gasteiger partial charge in [-0.15, -0.1) is 0 Å². The molecule has 136 valence electrons. The fraction of sp³-hybridized carbons (Fsp3) is 0.500. The molecule has 0 saturated carbocycles. The number of rotatable bonds is 6. The van der Waals surface area contributed by atoms with Crippen molar-refractivity contribution in [1.82, 2.24) is 20.4 Å². The molecule has 1 aliphatic rings. The number of amides is 2. The molecule has 3 N–H and O–H groups in total. The van der Waals surface area contributed by atoms with E-state index in [2.05, 4.69) is 35.7 Å². The summed E-state index contributed by atoms with van der Waals surface area (Å²) >= 11 is 0. The monoisotopic (exact) mass is 346 g/mol. The first-order valence-corrected chi connectivity index (χ1v) is 8.48. The Morgan fingerprint density at radius 3 is 2.92 bits per heavy atom. The minimum absolute atomic E-state index is 0.176. The fourth-order valence-corrected chi connectivity index (χ4v) is 2.51. The van der Waals surface area contributed by atoms with Crippen LogP contribution in [-0.2, 0) is 6.54 Å². The molecule has 0 radical (unpaired) electrons. The average molecular weight is 346 g/mol. The zero-order valence-corrected chi connectivity index (χ0v) is 15.0. The molecule has 1 aromatic rings. The number of hydrogen-bond acceptors (Lipinski definition) is 4. The molecule has 2 amide bonds. The topological polar surface area (TPSA) is 96.2 Å². The van der Waals surface area contributed by atoms with Gasteiger partial charge in [-0.05, 0) is 33.6 Å². The van der Waals surface area contributed by atoms with Gasteiger partial charge in [-0.3, -0.25) is 14.3 Å². The van der Waals surface area contributed by atoms with Crippen molar-refractivity contribution in [1.29, 1.82) is 0 Å². The summed E-state index contributed by atoms with van der Waals surface area (Å²) in [5.74, 6) is -0.672. The number of carbonyl (C=O) groups excluding carboxylic acids is 2. The van der Waals surface area contributed by atoms with Crippen LogP contribution < -0.4 is 10.6 Å². The number of hydrogen-bond donors (Lipinski definition) is 3. The van der Waals surface area contributed by atoms with Crippen LogP contribution in [0.4, 0.5) is 0 Å². The molecular formula is C18H26N4O3. The van der Waals surface area contributed by atoms with E-state index in [1.807, 2.05) is 13.0 Å². The van der Waals surface area contributed by atoms with Crippen molar-refractivity contribution < 1.29 is 14.7 Å². The van der Waals surface area contributed by atoms with Crippen LogP contribution in [0.2, 0.25) is 0 Å². The van der Waals surface area contributed by atoms with Gasteiger partial charge in [0.05, 0.1) is 12.6 Å². The Morgan fingerprint density at radius 1 is 1.44 bits per heavy atom. The molecule has 0 spiro atoms. The smallest absolute Gasteiger partial charge is 0.272 e. The molecule has 7 nitrogen and oxygen atoms in total. The van der Waals surface area contributed by atoms with Crippen LogP contribution in [0.15, 0.2) is 29.4 Å². The maximum Gasteiger partial charge on any atom is 0.272 e. The summed E-state index contributed by atoms with van der Waals surface area (Å²) in [5, 5.41) is 19.2. The van der Waals surface area contributed by atoms with Gasteiger partial charge in [0.2, 0.25) is 0 Å². The fourth-order valence-electron chi connectivity index (χ4n) is 2.51. The van der Waals surface area contributed by atoms with E-state index in [-0.39, 0.29) is 36.3 Å². The van der Waals surface area contributed by atoms with Crippen molar-refractivity contribution in [3.8, 4) is 0 Å². The lowest BCUT2D eigenvalue weighted by molar-refractivity contribution is 0.0931. The highest BCUT2D eigenvalue weighted by atomic mass is 16.3. The Kier molecular flexibility index (Phi) is 6.52. The number of aliphatic hydroxyl groups is 1. The Hall–Kier alpha value is -2.41. The molecule has 0 aliphatic carbocycles. The number of carbonyl (C=O) groups is 2. The van der Waals surface area contributed by atoms with Gasteiger partial charge in [0.15, 0.2) is 5.69 Å². The van der Waals surface area contributed by atoms with E-state index < -0.39 is 6.10 Å². The number of allylic oxidation sites excluding steroid dienone is 3. The zero-order valence-electron chi connectivity index (χ0n) is 15.0. The maximum absolute atomic E-state index is 12.2. The van der Waals surface area contributed by atoms with E-state index >= 15 is 0 Å².